The van der Waals surface area contributed by atoms with Gasteiger partial charge in [-0.3, -0.25) is 4.79 Å². The number of nitrogen functional groups attached to an aromatic ring is 1. The molecule has 0 fully saturated rings. The van der Waals surface area contributed by atoms with Crippen molar-refractivity contribution in [1.82, 2.24) is 29.3 Å². The second kappa shape index (κ2) is 8.53. The lowest BCUT2D eigenvalue weighted by Crippen LogP contribution is -2.11. The number of amides is 1. The number of benzene rings is 1. The highest BCUT2D eigenvalue weighted by Crippen LogP contribution is 2.41. The van der Waals surface area contributed by atoms with Crippen LogP contribution in [0.3, 0.4) is 0 Å². The number of rotatable bonds is 5. The van der Waals surface area contributed by atoms with E-state index in [4.69, 9.17) is 5.73 Å². The van der Waals surface area contributed by atoms with Gasteiger partial charge >= 0.3 is 0 Å². The molecular formula is C26H24N8O. The van der Waals surface area contributed by atoms with Gasteiger partial charge in [-0.1, -0.05) is 18.7 Å². The summed E-state index contributed by atoms with van der Waals surface area (Å²) in [7, 11) is 1.94. The van der Waals surface area contributed by atoms with E-state index in [2.05, 4.69) is 31.9 Å². The lowest BCUT2D eigenvalue weighted by molar-refractivity contribution is -0.112. The highest BCUT2D eigenvalue weighted by molar-refractivity contribution is 6.08. The molecule has 1 amide bonds. The summed E-state index contributed by atoms with van der Waals surface area (Å²) in [5.74, 6) is 0.888. The number of pyridine rings is 1. The average molecular weight is 465 g/mol. The number of hydrogen-bond acceptors (Lipinski definition) is 6. The van der Waals surface area contributed by atoms with Gasteiger partial charge in [0.05, 0.1) is 16.8 Å². The molecule has 0 aliphatic heterocycles. The van der Waals surface area contributed by atoms with Gasteiger partial charge in [0.1, 0.15) is 17.8 Å². The van der Waals surface area contributed by atoms with E-state index >= 15 is 0 Å². The molecule has 0 radical (unpaired) electrons. The molecule has 0 bridgehead atoms. The van der Waals surface area contributed by atoms with E-state index in [-0.39, 0.29) is 5.91 Å². The van der Waals surface area contributed by atoms with Gasteiger partial charge < -0.3 is 15.6 Å². The molecule has 3 N–H and O–H groups in total. The Bertz CT molecular complexity index is 1580. The SMILES string of the molecule is C=C(C)C(=O)Nc1ccc(-c2c(-c3ccc(-n4ccc(C)n4)nc3)c3c(N)ncnc3n2C)cc1. The molecule has 9 heteroatoms. The molecule has 9 nitrogen and oxygen atoms in total. The maximum absolute atomic E-state index is 12.0. The third kappa shape index (κ3) is 3.93. The quantitative estimate of drug-likeness (QED) is 0.375. The molecule has 0 atom stereocenters. The van der Waals surface area contributed by atoms with Crippen LogP contribution >= 0.6 is 0 Å². The van der Waals surface area contributed by atoms with Crippen molar-refractivity contribution in [1.29, 1.82) is 0 Å². The normalized spacial score (nSPS) is 11.1. The van der Waals surface area contributed by atoms with Crippen molar-refractivity contribution in [3.8, 4) is 28.2 Å². The summed E-state index contributed by atoms with van der Waals surface area (Å²) in [5.41, 5.74) is 12.7. The Labute approximate surface area is 202 Å². The minimum absolute atomic E-state index is 0.218. The first-order valence-corrected chi connectivity index (χ1v) is 11.0. The summed E-state index contributed by atoms with van der Waals surface area (Å²) in [6, 6.07) is 13.4. The first kappa shape index (κ1) is 22.0. The van der Waals surface area contributed by atoms with Crippen LogP contribution in [0, 0.1) is 6.92 Å². The van der Waals surface area contributed by atoms with Crippen LogP contribution in [-0.4, -0.2) is 35.2 Å². The van der Waals surface area contributed by atoms with E-state index in [1.165, 1.54) is 6.33 Å². The first-order valence-electron chi connectivity index (χ1n) is 11.0. The summed E-state index contributed by atoms with van der Waals surface area (Å²) in [5, 5.41) is 8.02. The maximum Gasteiger partial charge on any atom is 0.250 e. The molecule has 0 unspecified atom stereocenters. The minimum atomic E-state index is -0.218. The topological polar surface area (TPSA) is 117 Å². The van der Waals surface area contributed by atoms with Gasteiger partial charge in [-0.25, -0.2) is 19.6 Å². The molecular weight excluding hydrogens is 440 g/mol. The van der Waals surface area contributed by atoms with Crippen LogP contribution < -0.4 is 11.1 Å². The number of carbonyl (C=O) groups excluding carboxylic acids is 1. The number of nitrogens with two attached hydrogens (primary N) is 1. The monoisotopic (exact) mass is 464 g/mol. The Kier molecular flexibility index (Phi) is 5.37. The molecule has 5 rings (SSSR count). The van der Waals surface area contributed by atoms with Crippen LogP contribution in [0.5, 0.6) is 0 Å². The smallest absolute Gasteiger partial charge is 0.250 e. The molecule has 4 aromatic heterocycles. The summed E-state index contributed by atoms with van der Waals surface area (Å²) in [4.78, 5) is 25.4. The summed E-state index contributed by atoms with van der Waals surface area (Å²) in [6.45, 7) is 7.29. The van der Waals surface area contributed by atoms with Gasteiger partial charge in [0.2, 0.25) is 0 Å². The maximum atomic E-state index is 12.0. The molecule has 35 heavy (non-hydrogen) atoms. The van der Waals surface area contributed by atoms with Crippen molar-refractivity contribution in [3.05, 3.63) is 79.0 Å². The molecule has 0 aliphatic rings. The molecule has 5 aromatic rings. The molecule has 174 valence electrons. The molecule has 0 saturated carbocycles. The minimum Gasteiger partial charge on any atom is -0.383 e. The van der Waals surface area contributed by atoms with Crippen LogP contribution in [0.15, 0.2) is 73.3 Å². The molecule has 0 spiro atoms. The number of anilines is 2. The van der Waals surface area contributed by atoms with Gasteiger partial charge in [0, 0.05) is 41.8 Å². The van der Waals surface area contributed by atoms with E-state index in [9.17, 15) is 4.79 Å². The highest BCUT2D eigenvalue weighted by atomic mass is 16.1. The zero-order valence-corrected chi connectivity index (χ0v) is 19.6. The van der Waals surface area contributed by atoms with Crippen LogP contribution in [0.1, 0.15) is 12.6 Å². The number of nitrogens with one attached hydrogen (secondary N) is 1. The van der Waals surface area contributed by atoms with Crippen molar-refractivity contribution in [2.75, 3.05) is 11.1 Å². The second-order valence-electron chi connectivity index (χ2n) is 8.36. The highest BCUT2D eigenvalue weighted by Gasteiger charge is 2.22. The molecule has 0 aliphatic carbocycles. The zero-order valence-electron chi connectivity index (χ0n) is 19.6. The van der Waals surface area contributed by atoms with Crippen LogP contribution in [0.4, 0.5) is 11.5 Å². The Balaban J connectivity index is 1.64. The van der Waals surface area contributed by atoms with Gasteiger partial charge in [-0.15, -0.1) is 0 Å². The summed E-state index contributed by atoms with van der Waals surface area (Å²) in [6.07, 6.45) is 5.14. The lowest BCUT2D eigenvalue weighted by Gasteiger charge is -2.11. The van der Waals surface area contributed by atoms with Crippen molar-refractivity contribution < 1.29 is 4.79 Å². The standard InChI is InChI=1S/C26H24N8O/c1-15(2)26(35)31-19-8-5-17(6-9-19)23-21(22-24(27)29-14-30-25(22)33(23)4)18-7-10-20(28-13-18)34-12-11-16(3)32-34/h5-14H,1H2,2-4H3,(H,31,35)(H2,27,29,30). The van der Waals surface area contributed by atoms with Gasteiger partial charge in [-0.2, -0.15) is 5.10 Å². The van der Waals surface area contributed by atoms with Crippen LogP contribution in [0.25, 0.3) is 39.2 Å². The third-order valence-corrected chi connectivity index (χ3v) is 5.79. The van der Waals surface area contributed by atoms with E-state index in [1.54, 1.807) is 17.8 Å². The molecule has 1 aromatic carbocycles. The second-order valence-corrected chi connectivity index (χ2v) is 8.36. The first-order chi connectivity index (χ1) is 16.8. The number of carbonyl (C=O) groups is 1. The average Bonchev–Trinajstić information content (AvgIpc) is 3.41. The number of fused-ring (bicyclic) bond motifs is 1. The number of aromatic nitrogens is 6. The Hall–Kier alpha value is -4.79. The van der Waals surface area contributed by atoms with E-state index in [0.717, 1.165) is 33.5 Å². The fourth-order valence-electron chi connectivity index (χ4n) is 4.06. The Morgan fingerprint density at radius 2 is 1.77 bits per heavy atom. The van der Waals surface area contributed by atoms with Gasteiger partial charge in [0.15, 0.2) is 5.82 Å². The summed E-state index contributed by atoms with van der Waals surface area (Å²) < 4.78 is 3.73. The van der Waals surface area contributed by atoms with E-state index < -0.39 is 0 Å². The van der Waals surface area contributed by atoms with Crippen LogP contribution in [0.2, 0.25) is 0 Å². The predicted molar refractivity (Wildman–Crippen MR) is 137 cm³/mol. The molecule has 0 saturated heterocycles. The van der Waals surface area contributed by atoms with Crippen molar-refractivity contribution in [2.45, 2.75) is 13.8 Å². The van der Waals surface area contributed by atoms with Crippen molar-refractivity contribution in [2.24, 2.45) is 7.05 Å². The molecule has 4 heterocycles. The Morgan fingerprint density at radius 3 is 2.40 bits per heavy atom. The number of aryl methyl sites for hydroxylation is 2. The fourth-order valence-corrected chi connectivity index (χ4v) is 4.06. The van der Waals surface area contributed by atoms with Crippen LogP contribution in [-0.2, 0) is 11.8 Å². The largest absolute Gasteiger partial charge is 0.383 e. The summed E-state index contributed by atoms with van der Waals surface area (Å²) >= 11 is 0. The fraction of sp³-hybridized carbons (Fsp3) is 0.115. The zero-order chi connectivity index (χ0) is 24.7. The number of hydrogen-bond donors (Lipinski definition) is 2. The Morgan fingerprint density at radius 1 is 1.03 bits per heavy atom. The van der Waals surface area contributed by atoms with E-state index in [0.29, 0.717) is 28.5 Å². The van der Waals surface area contributed by atoms with Crippen molar-refractivity contribution >= 4 is 28.4 Å². The predicted octanol–water partition coefficient (Wildman–Crippen LogP) is 4.29. The van der Waals surface area contributed by atoms with E-state index in [1.807, 2.05) is 67.2 Å². The van der Waals surface area contributed by atoms with Crippen molar-refractivity contribution in [3.63, 3.8) is 0 Å². The van der Waals surface area contributed by atoms with Gasteiger partial charge in [0.25, 0.3) is 5.91 Å². The van der Waals surface area contributed by atoms with Gasteiger partial charge in [-0.05, 0) is 49.7 Å². The third-order valence-electron chi connectivity index (χ3n) is 5.79. The lowest BCUT2D eigenvalue weighted by atomic mass is 10.00. The number of nitrogens with zero attached hydrogens (tertiary/aromatic N) is 6.